The zero-order valence-electron chi connectivity index (χ0n) is 13.7. The van der Waals surface area contributed by atoms with Crippen molar-refractivity contribution in [2.45, 2.75) is 36.8 Å². The minimum absolute atomic E-state index is 0.254. The summed E-state index contributed by atoms with van der Waals surface area (Å²) in [6.07, 6.45) is 1.70. The average Bonchev–Trinajstić information content (AvgIpc) is 2.53. The molecule has 0 amide bonds. The fraction of sp³-hybridized carbons (Fsp3) is 0.263. The zero-order chi connectivity index (χ0) is 17.7. The molecular formula is C19H20O4S. The summed E-state index contributed by atoms with van der Waals surface area (Å²) < 4.78 is 0. The molecule has 0 aromatic heterocycles. The summed E-state index contributed by atoms with van der Waals surface area (Å²) in [7, 11) is 0. The lowest BCUT2D eigenvalue weighted by molar-refractivity contribution is 0.0684. The van der Waals surface area contributed by atoms with Gasteiger partial charge in [0, 0.05) is 10.1 Å². The van der Waals surface area contributed by atoms with E-state index in [1.165, 1.54) is 0 Å². The van der Waals surface area contributed by atoms with Crippen LogP contribution in [0, 0.1) is 6.92 Å². The third kappa shape index (κ3) is 4.86. The maximum atomic E-state index is 11.3. The highest BCUT2D eigenvalue weighted by atomic mass is 32.2. The molecule has 1 atom stereocenters. The lowest BCUT2D eigenvalue weighted by Gasteiger charge is -2.14. The Morgan fingerprint density at radius 1 is 1.04 bits per heavy atom. The second-order valence-electron chi connectivity index (χ2n) is 5.77. The largest absolute Gasteiger partial charge is 0.478 e. The van der Waals surface area contributed by atoms with Crippen LogP contribution in [0.15, 0.2) is 47.4 Å². The lowest BCUT2D eigenvalue weighted by Crippen LogP contribution is -2.04. The van der Waals surface area contributed by atoms with E-state index in [4.69, 9.17) is 5.11 Å². The van der Waals surface area contributed by atoms with E-state index >= 15 is 0 Å². The molecule has 1 unspecified atom stereocenters. The van der Waals surface area contributed by atoms with E-state index in [1.807, 2.05) is 31.2 Å². The molecule has 0 bridgehead atoms. The van der Waals surface area contributed by atoms with Crippen LogP contribution in [0.3, 0.4) is 0 Å². The van der Waals surface area contributed by atoms with Crippen molar-refractivity contribution in [1.29, 1.82) is 0 Å². The molecule has 0 spiro atoms. The summed E-state index contributed by atoms with van der Waals surface area (Å²) >= 11 is 1.57. The molecule has 2 aromatic carbocycles. The zero-order valence-corrected chi connectivity index (χ0v) is 14.5. The highest BCUT2D eigenvalue weighted by Crippen LogP contribution is 2.30. The van der Waals surface area contributed by atoms with Crippen molar-refractivity contribution in [2.75, 3.05) is 0 Å². The Balaban J connectivity index is 1.98. The summed E-state index contributed by atoms with van der Waals surface area (Å²) in [5.41, 5.74) is 2.74. The first-order valence-corrected chi connectivity index (χ1v) is 8.57. The maximum absolute atomic E-state index is 11.3. The third-order valence-corrected chi connectivity index (χ3v) is 4.97. The highest BCUT2D eigenvalue weighted by Gasteiger charge is 2.14. The Hall–Kier alpha value is -2.27. The van der Waals surface area contributed by atoms with Crippen LogP contribution in [0.2, 0.25) is 0 Å². The van der Waals surface area contributed by atoms with Crippen molar-refractivity contribution in [1.82, 2.24) is 0 Å². The van der Waals surface area contributed by atoms with Gasteiger partial charge in [-0.15, -0.1) is 11.8 Å². The highest BCUT2D eigenvalue weighted by molar-refractivity contribution is 8.00. The predicted molar refractivity (Wildman–Crippen MR) is 95.2 cm³/mol. The van der Waals surface area contributed by atoms with Gasteiger partial charge in [0.15, 0.2) is 0 Å². The number of hydrogen-bond donors (Lipinski definition) is 2. The number of hydrogen-bond acceptors (Lipinski definition) is 3. The van der Waals surface area contributed by atoms with Crippen LogP contribution in [-0.4, -0.2) is 27.4 Å². The Labute approximate surface area is 145 Å². The van der Waals surface area contributed by atoms with Gasteiger partial charge in [0.25, 0.3) is 0 Å². The number of aromatic carboxylic acids is 2. The number of thioether (sulfide) groups is 1. The molecule has 0 aliphatic heterocycles. The van der Waals surface area contributed by atoms with Crippen molar-refractivity contribution in [2.24, 2.45) is 0 Å². The number of carboxylic acids is 2. The van der Waals surface area contributed by atoms with E-state index in [-0.39, 0.29) is 10.8 Å². The number of carboxylic acid groups (broad SMARTS) is 2. The Bertz CT molecular complexity index is 738. The van der Waals surface area contributed by atoms with Gasteiger partial charge in [-0.1, -0.05) is 25.1 Å². The molecule has 0 aliphatic carbocycles. The Kier molecular flexibility index (Phi) is 6.04. The van der Waals surface area contributed by atoms with Crippen molar-refractivity contribution in [3.05, 3.63) is 64.7 Å². The van der Waals surface area contributed by atoms with E-state index in [9.17, 15) is 14.7 Å². The maximum Gasteiger partial charge on any atom is 0.336 e. The lowest BCUT2D eigenvalue weighted by atomic mass is 10.1. The molecule has 24 heavy (non-hydrogen) atoms. The second kappa shape index (κ2) is 8.02. The van der Waals surface area contributed by atoms with E-state index in [1.54, 1.807) is 30.0 Å². The first kappa shape index (κ1) is 18.1. The van der Waals surface area contributed by atoms with Gasteiger partial charge in [-0.2, -0.15) is 0 Å². The normalized spacial score (nSPS) is 11.9. The molecule has 0 fully saturated rings. The van der Waals surface area contributed by atoms with Crippen molar-refractivity contribution < 1.29 is 19.8 Å². The van der Waals surface area contributed by atoms with Crippen molar-refractivity contribution in [3.63, 3.8) is 0 Å². The van der Waals surface area contributed by atoms with Crippen LogP contribution in [0.1, 0.15) is 45.2 Å². The number of benzene rings is 2. The van der Waals surface area contributed by atoms with E-state index in [2.05, 4.69) is 6.92 Å². The second-order valence-corrected chi connectivity index (χ2v) is 7.25. The van der Waals surface area contributed by atoms with Crippen LogP contribution in [0.25, 0.3) is 0 Å². The first-order valence-electron chi connectivity index (χ1n) is 7.69. The fourth-order valence-corrected chi connectivity index (χ4v) is 3.57. The van der Waals surface area contributed by atoms with Gasteiger partial charge in [-0.3, -0.25) is 0 Å². The van der Waals surface area contributed by atoms with E-state index < -0.39 is 11.9 Å². The van der Waals surface area contributed by atoms with Crippen molar-refractivity contribution in [3.8, 4) is 0 Å². The van der Waals surface area contributed by atoms with Gasteiger partial charge in [0.05, 0.1) is 11.1 Å². The van der Waals surface area contributed by atoms with Crippen LogP contribution in [0.5, 0.6) is 0 Å². The van der Waals surface area contributed by atoms with Gasteiger partial charge in [0.2, 0.25) is 0 Å². The number of aryl methyl sites for hydroxylation is 2. The van der Waals surface area contributed by atoms with Crippen molar-refractivity contribution >= 4 is 23.7 Å². The van der Waals surface area contributed by atoms with Gasteiger partial charge in [0.1, 0.15) is 0 Å². The smallest absolute Gasteiger partial charge is 0.336 e. The molecule has 0 heterocycles. The molecule has 0 saturated heterocycles. The Morgan fingerprint density at radius 2 is 1.71 bits per heavy atom. The minimum atomic E-state index is -0.925. The molecule has 0 radical (unpaired) electrons. The first-order chi connectivity index (χ1) is 11.4. The average molecular weight is 344 g/mol. The Morgan fingerprint density at radius 3 is 2.29 bits per heavy atom. The molecule has 2 rings (SSSR count). The monoisotopic (exact) mass is 344 g/mol. The molecular weight excluding hydrogens is 324 g/mol. The third-order valence-electron chi connectivity index (χ3n) is 3.74. The minimum Gasteiger partial charge on any atom is -0.478 e. The quantitative estimate of drug-likeness (QED) is 0.723. The van der Waals surface area contributed by atoms with E-state index in [0.29, 0.717) is 5.56 Å². The summed E-state index contributed by atoms with van der Waals surface area (Å²) in [4.78, 5) is 23.0. The van der Waals surface area contributed by atoms with Crippen LogP contribution in [0.4, 0.5) is 0 Å². The summed E-state index contributed by atoms with van der Waals surface area (Å²) in [5, 5.41) is 18.4. The molecule has 2 N–H and O–H groups in total. The van der Waals surface area contributed by atoms with Crippen LogP contribution < -0.4 is 0 Å². The molecule has 4 nitrogen and oxygen atoms in total. The van der Waals surface area contributed by atoms with Crippen LogP contribution >= 0.6 is 11.8 Å². The predicted octanol–water partition coefficient (Wildman–Crippen LogP) is 4.50. The molecule has 2 aromatic rings. The number of rotatable bonds is 7. The summed E-state index contributed by atoms with van der Waals surface area (Å²) in [6, 6.07) is 12.2. The number of carbonyl (C=O) groups is 2. The van der Waals surface area contributed by atoms with Gasteiger partial charge < -0.3 is 10.2 Å². The van der Waals surface area contributed by atoms with E-state index in [0.717, 1.165) is 28.9 Å². The van der Waals surface area contributed by atoms with Crippen LogP contribution in [-0.2, 0) is 6.42 Å². The topological polar surface area (TPSA) is 74.6 Å². The molecule has 126 valence electrons. The fourth-order valence-electron chi connectivity index (χ4n) is 2.36. The summed E-state index contributed by atoms with van der Waals surface area (Å²) in [6.45, 7) is 4.02. The van der Waals surface area contributed by atoms with Gasteiger partial charge >= 0.3 is 11.9 Å². The summed E-state index contributed by atoms with van der Waals surface area (Å²) in [5.74, 6) is -1.83. The standard InChI is InChI=1S/C19H20O4S/c1-12-3-10-16(19(22)23)17(11-12)24-13(2)4-5-14-6-8-15(9-7-14)18(20)21/h3,6-11,13H,4-5H2,1-2H3,(H,20,21)(H,22,23). The van der Waals surface area contributed by atoms with Gasteiger partial charge in [-0.05, 0) is 55.2 Å². The van der Waals surface area contributed by atoms with Gasteiger partial charge in [-0.25, -0.2) is 9.59 Å². The molecule has 0 aliphatic rings. The SMILES string of the molecule is Cc1ccc(C(=O)O)c(SC(C)CCc2ccc(C(=O)O)cc2)c1. The molecule has 5 heteroatoms. The molecule has 0 saturated carbocycles.